The Bertz CT molecular complexity index is 358. The Morgan fingerprint density at radius 2 is 2.12 bits per heavy atom. The predicted octanol–water partition coefficient (Wildman–Crippen LogP) is 2.46. The molecular weight excluding hydrogens is 212 g/mol. The van der Waals surface area contributed by atoms with Gasteiger partial charge in [0.1, 0.15) is 6.33 Å². The van der Waals surface area contributed by atoms with E-state index in [0.29, 0.717) is 17.6 Å². The van der Waals surface area contributed by atoms with Gasteiger partial charge in [0.2, 0.25) is 0 Å². The predicted molar refractivity (Wildman–Crippen MR) is 70.9 cm³/mol. The maximum Gasteiger partial charge on any atom is 0.155 e. The van der Waals surface area contributed by atoms with Crippen LogP contribution >= 0.6 is 0 Å². The van der Waals surface area contributed by atoms with E-state index in [0.717, 1.165) is 12.4 Å². The number of nitrogens with zero attached hydrogens (tertiary/aromatic N) is 3. The number of hydrogen-bond acceptors (Lipinski definition) is 4. The normalized spacial score (nSPS) is 16.6. The first-order valence-corrected chi connectivity index (χ1v) is 6.50. The van der Waals surface area contributed by atoms with E-state index in [-0.39, 0.29) is 0 Å². The van der Waals surface area contributed by atoms with Crippen molar-refractivity contribution in [2.75, 3.05) is 17.2 Å². The van der Waals surface area contributed by atoms with E-state index in [1.165, 1.54) is 25.7 Å². The molecule has 0 radical (unpaired) electrons. The summed E-state index contributed by atoms with van der Waals surface area (Å²) in [6.45, 7) is 5.49. The van der Waals surface area contributed by atoms with Crippen LogP contribution in [-0.4, -0.2) is 22.6 Å². The number of aromatic nitrogens is 2. The van der Waals surface area contributed by atoms with Crippen LogP contribution in [-0.2, 0) is 0 Å². The number of nitrogen functional groups attached to an aromatic ring is 1. The van der Waals surface area contributed by atoms with Gasteiger partial charge in [0.15, 0.2) is 5.82 Å². The van der Waals surface area contributed by atoms with Gasteiger partial charge in [0, 0.05) is 12.6 Å². The maximum atomic E-state index is 6.00. The Kier molecular flexibility index (Phi) is 3.82. The van der Waals surface area contributed by atoms with Crippen molar-refractivity contribution in [1.82, 2.24) is 9.97 Å². The second kappa shape index (κ2) is 5.34. The molecule has 1 saturated carbocycles. The molecule has 0 atom stereocenters. The summed E-state index contributed by atoms with van der Waals surface area (Å²) in [5.41, 5.74) is 6.69. The van der Waals surface area contributed by atoms with E-state index in [1.807, 2.05) is 0 Å². The highest BCUT2D eigenvalue weighted by molar-refractivity contribution is 5.61. The molecule has 1 fully saturated rings. The van der Waals surface area contributed by atoms with Crippen LogP contribution in [0.15, 0.2) is 12.5 Å². The number of hydrogen-bond donors (Lipinski definition) is 1. The Balaban J connectivity index is 2.22. The molecule has 4 nitrogen and oxygen atoms in total. The van der Waals surface area contributed by atoms with Gasteiger partial charge < -0.3 is 10.6 Å². The Labute approximate surface area is 103 Å². The molecule has 0 aliphatic heterocycles. The quantitative estimate of drug-likeness (QED) is 0.869. The molecule has 4 heteroatoms. The zero-order valence-corrected chi connectivity index (χ0v) is 10.8. The van der Waals surface area contributed by atoms with E-state index in [2.05, 4.69) is 28.7 Å². The lowest BCUT2D eigenvalue weighted by Gasteiger charge is -2.32. The SMILES string of the molecule is CC(C)CN(c1ncncc1N)C1CCCC1. The average molecular weight is 234 g/mol. The lowest BCUT2D eigenvalue weighted by molar-refractivity contribution is 0.531. The lowest BCUT2D eigenvalue weighted by atomic mass is 10.1. The largest absolute Gasteiger partial charge is 0.394 e. The second-order valence-corrected chi connectivity index (χ2v) is 5.29. The molecule has 94 valence electrons. The molecule has 1 aliphatic rings. The van der Waals surface area contributed by atoms with Crippen LogP contribution in [0, 0.1) is 5.92 Å². The van der Waals surface area contributed by atoms with Crippen molar-refractivity contribution in [2.45, 2.75) is 45.6 Å². The molecule has 1 aliphatic carbocycles. The van der Waals surface area contributed by atoms with Crippen molar-refractivity contribution in [3.05, 3.63) is 12.5 Å². The van der Waals surface area contributed by atoms with Gasteiger partial charge in [-0.3, -0.25) is 0 Å². The van der Waals surface area contributed by atoms with Gasteiger partial charge in [-0.05, 0) is 18.8 Å². The van der Waals surface area contributed by atoms with E-state index in [9.17, 15) is 0 Å². The number of anilines is 2. The van der Waals surface area contributed by atoms with Crippen molar-refractivity contribution in [3.63, 3.8) is 0 Å². The van der Waals surface area contributed by atoms with Gasteiger partial charge in [-0.1, -0.05) is 26.7 Å². The van der Waals surface area contributed by atoms with Crippen molar-refractivity contribution < 1.29 is 0 Å². The smallest absolute Gasteiger partial charge is 0.155 e. The molecule has 1 heterocycles. The molecule has 2 rings (SSSR count). The minimum absolute atomic E-state index is 0.606. The van der Waals surface area contributed by atoms with Gasteiger partial charge in [0.05, 0.1) is 11.9 Å². The molecule has 0 unspecified atom stereocenters. The summed E-state index contributed by atoms with van der Waals surface area (Å²) >= 11 is 0. The van der Waals surface area contributed by atoms with E-state index in [4.69, 9.17) is 5.73 Å². The lowest BCUT2D eigenvalue weighted by Crippen LogP contribution is -2.37. The van der Waals surface area contributed by atoms with Crippen LogP contribution in [0.1, 0.15) is 39.5 Å². The fraction of sp³-hybridized carbons (Fsp3) is 0.692. The molecule has 0 saturated heterocycles. The second-order valence-electron chi connectivity index (χ2n) is 5.29. The Morgan fingerprint density at radius 1 is 1.41 bits per heavy atom. The molecule has 0 spiro atoms. The maximum absolute atomic E-state index is 6.00. The van der Waals surface area contributed by atoms with E-state index < -0.39 is 0 Å². The van der Waals surface area contributed by atoms with Crippen LogP contribution < -0.4 is 10.6 Å². The summed E-state index contributed by atoms with van der Waals surface area (Å²) in [4.78, 5) is 10.7. The monoisotopic (exact) mass is 234 g/mol. The average Bonchev–Trinajstić information content (AvgIpc) is 2.80. The number of rotatable bonds is 4. The van der Waals surface area contributed by atoms with Gasteiger partial charge in [-0.25, -0.2) is 9.97 Å². The Morgan fingerprint density at radius 3 is 2.71 bits per heavy atom. The molecule has 1 aromatic rings. The minimum Gasteiger partial charge on any atom is -0.394 e. The summed E-state index contributed by atoms with van der Waals surface area (Å²) in [6.07, 6.45) is 8.46. The highest BCUT2D eigenvalue weighted by Crippen LogP contribution is 2.30. The molecular formula is C13H22N4. The molecule has 0 bridgehead atoms. The van der Waals surface area contributed by atoms with Crippen molar-refractivity contribution in [3.8, 4) is 0 Å². The molecule has 0 aromatic carbocycles. The highest BCUT2D eigenvalue weighted by atomic mass is 15.2. The molecule has 17 heavy (non-hydrogen) atoms. The van der Waals surface area contributed by atoms with Crippen molar-refractivity contribution >= 4 is 11.5 Å². The van der Waals surface area contributed by atoms with E-state index in [1.54, 1.807) is 12.5 Å². The van der Waals surface area contributed by atoms with Gasteiger partial charge in [0.25, 0.3) is 0 Å². The fourth-order valence-electron chi connectivity index (χ4n) is 2.59. The Hall–Kier alpha value is -1.32. The standard InChI is InChI=1S/C13H22N4/c1-10(2)8-17(11-5-3-4-6-11)13-12(14)7-15-9-16-13/h7,9-11H,3-6,8,14H2,1-2H3. The van der Waals surface area contributed by atoms with Gasteiger partial charge in [-0.2, -0.15) is 0 Å². The summed E-state index contributed by atoms with van der Waals surface area (Å²) in [6, 6.07) is 0.606. The first kappa shape index (κ1) is 12.1. The fourth-order valence-corrected chi connectivity index (χ4v) is 2.59. The summed E-state index contributed by atoms with van der Waals surface area (Å²) < 4.78 is 0. The zero-order chi connectivity index (χ0) is 12.3. The first-order valence-electron chi connectivity index (χ1n) is 6.50. The minimum atomic E-state index is 0.606. The topological polar surface area (TPSA) is 55.0 Å². The third-order valence-electron chi connectivity index (χ3n) is 3.32. The third kappa shape index (κ3) is 2.87. The third-order valence-corrected chi connectivity index (χ3v) is 3.32. The van der Waals surface area contributed by atoms with Gasteiger partial charge in [-0.15, -0.1) is 0 Å². The van der Waals surface area contributed by atoms with Gasteiger partial charge >= 0.3 is 0 Å². The molecule has 2 N–H and O–H groups in total. The van der Waals surface area contributed by atoms with Crippen LogP contribution in [0.25, 0.3) is 0 Å². The number of nitrogens with two attached hydrogens (primary N) is 1. The van der Waals surface area contributed by atoms with Crippen LogP contribution in [0.5, 0.6) is 0 Å². The summed E-state index contributed by atoms with van der Waals surface area (Å²) in [5, 5.41) is 0. The molecule has 0 amide bonds. The van der Waals surface area contributed by atoms with Crippen LogP contribution in [0.2, 0.25) is 0 Å². The van der Waals surface area contributed by atoms with Crippen LogP contribution in [0.4, 0.5) is 11.5 Å². The summed E-state index contributed by atoms with van der Waals surface area (Å²) in [7, 11) is 0. The first-order chi connectivity index (χ1) is 8.18. The molecule has 1 aromatic heterocycles. The highest BCUT2D eigenvalue weighted by Gasteiger charge is 2.25. The van der Waals surface area contributed by atoms with Crippen molar-refractivity contribution in [2.24, 2.45) is 5.92 Å². The summed E-state index contributed by atoms with van der Waals surface area (Å²) in [5.74, 6) is 1.53. The van der Waals surface area contributed by atoms with E-state index >= 15 is 0 Å². The van der Waals surface area contributed by atoms with Crippen molar-refractivity contribution in [1.29, 1.82) is 0 Å². The zero-order valence-electron chi connectivity index (χ0n) is 10.8. The van der Waals surface area contributed by atoms with Crippen LogP contribution in [0.3, 0.4) is 0 Å².